The molecule has 4 rings (SSSR count). The van der Waals surface area contributed by atoms with Gasteiger partial charge in [-0.15, -0.1) is 0 Å². The van der Waals surface area contributed by atoms with E-state index >= 15 is 4.39 Å². The number of carbonyl (C=O) groups excluding carboxylic acids is 1. The third-order valence-electron chi connectivity index (χ3n) is 6.22. The minimum absolute atomic E-state index is 0.00837. The van der Waals surface area contributed by atoms with Gasteiger partial charge in [-0.05, 0) is 73.9 Å². The van der Waals surface area contributed by atoms with E-state index in [1.54, 1.807) is 37.4 Å². The molecule has 0 saturated heterocycles. The molecule has 1 aliphatic heterocycles. The van der Waals surface area contributed by atoms with E-state index < -0.39 is 23.3 Å². The van der Waals surface area contributed by atoms with Gasteiger partial charge in [0.1, 0.15) is 11.5 Å². The van der Waals surface area contributed by atoms with E-state index in [0.717, 1.165) is 12.1 Å². The molecule has 6 nitrogen and oxygen atoms in total. The molecular formula is C32H28F4N4O2. The van der Waals surface area contributed by atoms with Crippen LogP contribution in [0.3, 0.4) is 0 Å². The number of ether oxygens (including phenoxy) is 1. The molecule has 0 fully saturated rings. The van der Waals surface area contributed by atoms with Crippen LogP contribution in [0.2, 0.25) is 0 Å². The first-order valence-corrected chi connectivity index (χ1v) is 13.1. The van der Waals surface area contributed by atoms with Crippen LogP contribution in [0.1, 0.15) is 42.7 Å². The average Bonchev–Trinajstić information content (AvgIpc) is 3.43. The zero-order valence-corrected chi connectivity index (χ0v) is 23.0. The van der Waals surface area contributed by atoms with E-state index in [4.69, 9.17) is 4.74 Å². The molecule has 0 unspecified atom stereocenters. The highest BCUT2D eigenvalue weighted by Gasteiger charge is 2.31. The molecule has 2 aromatic carbocycles. The third-order valence-corrected chi connectivity index (χ3v) is 6.22. The summed E-state index contributed by atoms with van der Waals surface area (Å²) in [7, 11) is 0. The zero-order valence-electron chi connectivity index (χ0n) is 23.0. The van der Waals surface area contributed by atoms with Gasteiger partial charge >= 0.3 is 6.18 Å². The van der Waals surface area contributed by atoms with Gasteiger partial charge in [0.15, 0.2) is 5.76 Å². The van der Waals surface area contributed by atoms with Crippen LogP contribution in [0.5, 0.6) is 0 Å². The first-order valence-electron chi connectivity index (χ1n) is 13.1. The molecule has 42 heavy (non-hydrogen) atoms. The second-order valence-electron chi connectivity index (χ2n) is 9.20. The number of carbonyl (C=O) groups is 1. The predicted molar refractivity (Wildman–Crippen MR) is 155 cm³/mol. The molecule has 0 radical (unpaired) electrons. The molecule has 3 aromatic rings. The molecule has 0 bridgehead atoms. The fourth-order valence-electron chi connectivity index (χ4n) is 4.25. The van der Waals surface area contributed by atoms with Gasteiger partial charge in [0.05, 0.1) is 29.7 Å². The van der Waals surface area contributed by atoms with E-state index in [1.165, 1.54) is 41.3 Å². The average molecular weight is 577 g/mol. The maximum absolute atomic E-state index is 15.3. The van der Waals surface area contributed by atoms with E-state index in [0.29, 0.717) is 23.3 Å². The van der Waals surface area contributed by atoms with Crippen molar-refractivity contribution in [3.05, 3.63) is 125 Å². The smallest absolute Gasteiger partial charge is 0.416 e. The Balaban J connectivity index is 1.74. The maximum atomic E-state index is 15.3. The van der Waals surface area contributed by atoms with Crippen molar-refractivity contribution in [2.24, 2.45) is 9.98 Å². The normalized spacial score (nSPS) is 14.4. The Morgan fingerprint density at radius 2 is 2.00 bits per heavy atom. The Morgan fingerprint density at radius 3 is 2.71 bits per heavy atom. The molecule has 2 heterocycles. The van der Waals surface area contributed by atoms with Crippen molar-refractivity contribution in [2.45, 2.75) is 32.9 Å². The van der Waals surface area contributed by atoms with Crippen LogP contribution in [0, 0.1) is 5.82 Å². The predicted octanol–water partition coefficient (Wildman–Crippen LogP) is 7.46. The highest BCUT2D eigenvalue weighted by molar-refractivity contribution is 6.50. The summed E-state index contributed by atoms with van der Waals surface area (Å²) in [5, 5.41) is 4.15. The fourth-order valence-corrected chi connectivity index (χ4v) is 4.25. The van der Waals surface area contributed by atoms with Gasteiger partial charge in [-0.3, -0.25) is 9.79 Å². The number of nitrogens with zero attached hydrogens (tertiary/aromatic N) is 4. The molecule has 216 valence electrons. The van der Waals surface area contributed by atoms with Crippen LogP contribution >= 0.6 is 0 Å². The van der Waals surface area contributed by atoms with Gasteiger partial charge in [-0.1, -0.05) is 30.9 Å². The number of aromatic nitrogens is 2. The Morgan fingerprint density at radius 1 is 1.19 bits per heavy atom. The zero-order chi connectivity index (χ0) is 30.3. The van der Waals surface area contributed by atoms with Crippen LogP contribution in [0.25, 0.3) is 11.3 Å². The summed E-state index contributed by atoms with van der Waals surface area (Å²) in [4.78, 5) is 22.1. The molecule has 0 spiro atoms. The van der Waals surface area contributed by atoms with Crippen molar-refractivity contribution in [1.29, 1.82) is 0 Å². The van der Waals surface area contributed by atoms with Crippen molar-refractivity contribution in [3.8, 4) is 5.69 Å². The van der Waals surface area contributed by atoms with Gasteiger partial charge in [0, 0.05) is 30.1 Å². The minimum Gasteiger partial charge on any atom is -0.490 e. The number of aliphatic imine (C=N–C) groups is 2. The lowest BCUT2D eigenvalue weighted by molar-refractivity contribution is -0.137. The molecule has 0 N–H and O–H groups in total. The van der Waals surface area contributed by atoms with E-state index in [9.17, 15) is 18.0 Å². The monoisotopic (exact) mass is 576 g/mol. The van der Waals surface area contributed by atoms with Crippen LogP contribution < -0.4 is 0 Å². The lowest BCUT2D eigenvalue weighted by Crippen LogP contribution is -2.23. The number of allylic oxidation sites excluding steroid dienone is 6. The van der Waals surface area contributed by atoms with Crippen molar-refractivity contribution in [3.63, 3.8) is 0 Å². The number of hydrogen-bond donors (Lipinski definition) is 0. The first kappa shape index (κ1) is 30.1. The molecule has 1 aromatic heterocycles. The van der Waals surface area contributed by atoms with E-state index in [-0.39, 0.29) is 41.4 Å². The van der Waals surface area contributed by atoms with Crippen molar-refractivity contribution >= 4 is 23.3 Å². The quantitative estimate of drug-likeness (QED) is 0.196. The Labute approximate surface area is 240 Å². The van der Waals surface area contributed by atoms with Crippen molar-refractivity contribution < 1.29 is 27.1 Å². The summed E-state index contributed by atoms with van der Waals surface area (Å²) in [6.07, 6.45) is 5.45. The Bertz CT molecular complexity index is 1640. The summed E-state index contributed by atoms with van der Waals surface area (Å²) in [5.41, 5.74) is 1.25. The summed E-state index contributed by atoms with van der Waals surface area (Å²) in [6.45, 7) is 7.66. The molecule has 10 heteroatoms. The summed E-state index contributed by atoms with van der Waals surface area (Å²) in [6, 6.07) is 10.8. The number of hydrogen-bond acceptors (Lipinski definition) is 5. The fraction of sp³-hybridized carbons (Fsp3) is 0.188. The number of alkyl halides is 3. The molecule has 0 saturated carbocycles. The number of ketones is 1. The van der Waals surface area contributed by atoms with Gasteiger partial charge < -0.3 is 4.74 Å². The van der Waals surface area contributed by atoms with Crippen LogP contribution in [0.4, 0.5) is 17.6 Å². The molecular weight excluding hydrogens is 548 g/mol. The summed E-state index contributed by atoms with van der Waals surface area (Å²) >= 11 is 0. The topological polar surface area (TPSA) is 68.8 Å². The number of rotatable bonds is 9. The number of benzene rings is 2. The van der Waals surface area contributed by atoms with Gasteiger partial charge in [-0.25, -0.2) is 14.1 Å². The molecule has 0 aliphatic carbocycles. The van der Waals surface area contributed by atoms with Gasteiger partial charge in [-0.2, -0.15) is 18.3 Å². The second-order valence-corrected chi connectivity index (χ2v) is 9.20. The number of halogens is 4. The van der Waals surface area contributed by atoms with Gasteiger partial charge in [0.25, 0.3) is 0 Å². The minimum atomic E-state index is -4.56. The Hall–Kier alpha value is -4.86. The molecule has 0 atom stereocenters. The van der Waals surface area contributed by atoms with Crippen molar-refractivity contribution in [1.82, 2.24) is 9.78 Å². The number of Topliss-reactive ketones (excluding diaryl/α,β-unsaturated/α-hetero) is 1. The van der Waals surface area contributed by atoms with Crippen LogP contribution in [-0.2, 0) is 22.1 Å². The van der Waals surface area contributed by atoms with E-state index in [1.807, 2.05) is 13.0 Å². The Kier molecular flexibility index (Phi) is 9.46. The maximum Gasteiger partial charge on any atom is 0.416 e. The highest BCUT2D eigenvalue weighted by Crippen LogP contribution is 2.31. The first-order chi connectivity index (χ1) is 20.1. The third kappa shape index (κ3) is 7.06. The highest BCUT2D eigenvalue weighted by atomic mass is 19.4. The summed E-state index contributed by atoms with van der Waals surface area (Å²) in [5.74, 6) is -1.08. The SMILES string of the molecule is C=C(Cc1ccc(C2=CN=C(c3ccnn3-c3cccc(C(F)(F)F)c3)C(=O)C(OCC)=CC2)c(F)c1)N=C/C=C\C. The largest absolute Gasteiger partial charge is 0.490 e. The van der Waals surface area contributed by atoms with Crippen LogP contribution in [0.15, 0.2) is 107 Å². The standard InChI is InChI=1S/C32H28F4N4O2/c1-4-6-15-37-21(3)17-22-10-12-26(27(33)18-22)23-11-13-29(42-5-2)31(41)30(38-20-23)28-14-16-39-40(28)25-9-7-8-24(19-25)32(34,35)36/h4,6-10,12-16,18-20H,3,5,11,17H2,1-2H3/b6-4-,23-20?,29-13?,37-15?,38-30?. The summed E-state index contributed by atoms with van der Waals surface area (Å²) < 4.78 is 62.2. The van der Waals surface area contributed by atoms with Gasteiger partial charge in [0.2, 0.25) is 5.78 Å². The lowest BCUT2D eigenvalue weighted by atomic mass is 9.98. The molecule has 0 amide bonds. The van der Waals surface area contributed by atoms with Crippen LogP contribution in [-0.4, -0.2) is 34.1 Å². The second kappa shape index (κ2) is 13.2. The van der Waals surface area contributed by atoms with E-state index in [2.05, 4.69) is 21.7 Å². The lowest BCUT2D eigenvalue weighted by Gasteiger charge is -2.16. The molecule has 1 aliphatic rings. The van der Waals surface area contributed by atoms with Crippen molar-refractivity contribution in [2.75, 3.05) is 6.61 Å².